The number of hydrogen-bond acceptors (Lipinski definition) is 4. The SMILES string of the molecule is Cc1nc(C(=O)Nc2cccc(Cl)c2)cc(N2c3ccccc3CC2C)n1. The lowest BCUT2D eigenvalue weighted by molar-refractivity contribution is 0.102. The molecule has 136 valence electrons. The number of benzene rings is 2. The van der Waals surface area contributed by atoms with Gasteiger partial charge in [0, 0.05) is 28.5 Å². The molecule has 27 heavy (non-hydrogen) atoms. The lowest BCUT2D eigenvalue weighted by Crippen LogP contribution is -2.26. The van der Waals surface area contributed by atoms with Crippen LogP contribution < -0.4 is 10.2 Å². The van der Waals surface area contributed by atoms with Gasteiger partial charge < -0.3 is 10.2 Å². The quantitative estimate of drug-likeness (QED) is 0.713. The number of hydrogen-bond donors (Lipinski definition) is 1. The highest BCUT2D eigenvalue weighted by Crippen LogP contribution is 2.37. The Bertz CT molecular complexity index is 1020. The molecule has 0 spiro atoms. The van der Waals surface area contributed by atoms with Crippen LogP contribution >= 0.6 is 11.6 Å². The Hall–Kier alpha value is -2.92. The molecular weight excluding hydrogens is 360 g/mol. The van der Waals surface area contributed by atoms with Crippen molar-refractivity contribution in [2.24, 2.45) is 0 Å². The van der Waals surface area contributed by atoms with Crippen molar-refractivity contribution in [2.75, 3.05) is 10.2 Å². The van der Waals surface area contributed by atoms with Crippen LogP contribution in [0.4, 0.5) is 17.2 Å². The van der Waals surface area contributed by atoms with Gasteiger partial charge in [-0.15, -0.1) is 0 Å². The van der Waals surface area contributed by atoms with Crippen LogP contribution in [-0.4, -0.2) is 21.9 Å². The third-order valence-corrected chi connectivity index (χ3v) is 4.83. The van der Waals surface area contributed by atoms with Crippen LogP contribution in [0.2, 0.25) is 5.02 Å². The zero-order valence-electron chi connectivity index (χ0n) is 15.1. The molecule has 0 fully saturated rings. The van der Waals surface area contributed by atoms with Gasteiger partial charge in [0.15, 0.2) is 0 Å². The first kappa shape index (κ1) is 17.5. The minimum Gasteiger partial charge on any atom is -0.323 e. The van der Waals surface area contributed by atoms with Crippen molar-refractivity contribution in [2.45, 2.75) is 26.3 Å². The Morgan fingerprint density at radius 2 is 1.96 bits per heavy atom. The number of anilines is 3. The van der Waals surface area contributed by atoms with E-state index in [-0.39, 0.29) is 11.9 Å². The molecule has 0 aliphatic carbocycles. The smallest absolute Gasteiger partial charge is 0.274 e. The number of aryl methyl sites for hydroxylation is 1. The molecule has 0 radical (unpaired) electrons. The first-order chi connectivity index (χ1) is 13.0. The molecule has 4 rings (SSSR count). The van der Waals surface area contributed by atoms with Gasteiger partial charge in [-0.25, -0.2) is 9.97 Å². The van der Waals surface area contributed by atoms with Crippen molar-refractivity contribution < 1.29 is 4.79 Å². The normalized spacial score (nSPS) is 15.5. The minimum atomic E-state index is -0.288. The number of carbonyl (C=O) groups is 1. The summed E-state index contributed by atoms with van der Waals surface area (Å²) in [5.41, 5.74) is 3.37. The zero-order chi connectivity index (χ0) is 19.0. The first-order valence-corrected chi connectivity index (χ1v) is 9.19. The monoisotopic (exact) mass is 378 g/mol. The van der Waals surface area contributed by atoms with Crippen LogP contribution in [0, 0.1) is 6.92 Å². The number of aromatic nitrogens is 2. The van der Waals surface area contributed by atoms with Gasteiger partial charge in [0.05, 0.1) is 0 Å². The van der Waals surface area contributed by atoms with E-state index in [2.05, 4.69) is 39.2 Å². The highest BCUT2D eigenvalue weighted by atomic mass is 35.5. The summed E-state index contributed by atoms with van der Waals surface area (Å²) in [6.45, 7) is 3.95. The van der Waals surface area contributed by atoms with Crippen LogP contribution in [0.25, 0.3) is 0 Å². The van der Waals surface area contributed by atoms with E-state index in [1.165, 1.54) is 5.56 Å². The van der Waals surface area contributed by atoms with E-state index in [4.69, 9.17) is 11.6 Å². The highest BCUT2D eigenvalue weighted by molar-refractivity contribution is 6.30. The number of rotatable bonds is 3. The Labute approximate surface area is 163 Å². The third-order valence-electron chi connectivity index (χ3n) is 4.59. The van der Waals surface area contributed by atoms with Crippen molar-refractivity contribution >= 4 is 34.7 Å². The fourth-order valence-corrected chi connectivity index (χ4v) is 3.66. The molecule has 0 bridgehead atoms. The molecule has 1 aromatic heterocycles. The summed E-state index contributed by atoms with van der Waals surface area (Å²) in [4.78, 5) is 23.8. The summed E-state index contributed by atoms with van der Waals surface area (Å²) in [6, 6.07) is 17.3. The molecule has 1 unspecified atom stereocenters. The van der Waals surface area contributed by atoms with Gasteiger partial charge in [0.1, 0.15) is 17.3 Å². The molecule has 3 aromatic rings. The summed E-state index contributed by atoms with van der Waals surface area (Å²) in [6.07, 6.45) is 0.948. The van der Waals surface area contributed by atoms with E-state index in [0.29, 0.717) is 22.2 Å². The maximum atomic E-state index is 12.7. The average molecular weight is 379 g/mol. The molecule has 1 aliphatic rings. The molecule has 5 nitrogen and oxygen atoms in total. The first-order valence-electron chi connectivity index (χ1n) is 8.81. The molecule has 0 saturated heterocycles. The average Bonchev–Trinajstić information content (AvgIpc) is 2.97. The number of nitrogens with one attached hydrogen (secondary N) is 1. The molecule has 1 amide bonds. The van der Waals surface area contributed by atoms with Gasteiger partial charge in [-0.05, 0) is 50.1 Å². The molecule has 1 aliphatic heterocycles. The van der Waals surface area contributed by atoms with Crippen molar-refractivity contribution in [1.29, 1.82) is 0 Å². The second-order valence-electron chi connectivity index (χ2n) is 6.67. The van der Waals surface area contributed by atoms with Crippen molar-refractivity contribution in [3.8, 4) is 0 Å². The summed E-state index contributed by atoms with van der Waals surface area (Å²) < 4.78 is 0. The van der Waals surface area contributed by atoms with E-state index >= 15 is 0 Å². The van der Waals surface area contributed by atoms with E-state index in [1.54, 1.807) is 37.3 Å². The summed E-state index contributed by atoms with van der Waals surface area (Å²) in [7, 11) is 0. The van der Waals surface area contributed by atoms with Crippen LogP contribution in [-0.2, 0) is 6.42 Å². The lowest BCUT2D eigenvalue weighted by atomic mass is 10.1. The summed E-state index contributed by atoms with van der Waals surface area (Å²) >= 11 is 5.99. The molecule has 2 aromatic carbocycles. The number of fused-ring (bicyclic) bond motifs is 1. The number of amides is 1. The molecule has 6 heteroatoms. The van der Waals surface area contributed by atoms with Gasteiger partial charge in [0.2, 0.25) is 0 Å². The molecule has 1 N–H and O–H groups in total. The Kier molecular flexibility index (Phi) is 4.54. The maximum Gasteiger partial charge on any atom is 0.274 e. The second kappa shape index (κ2) is 7.00. The summed E-state index contributed by atoms with van der Waals surface area (Å²) in [5.74, 6) is 1.00. The Morgan fingerprint density at radius 3 is 2.78 bits per heavy atom. The van der Waals surface area contributed by atoms with Crippen molar-refractivity contribution in [1.82, 2.24) is 9.97 Å². The van der Waals surface area contributed by atoms with E-state index in [9.17, 15) is 4.79 Å². The lowest BCUT2D eigenvalue weighted by Gasteiger charge is -2.24. The highest BCUT2D eigenvalue weighted by Gasteiger charge is 2.28. The van der Waals surface area contributed by atoms with Gasteiger partial charge in [-0.3, -0.25) is 4.79 Å². The van der Waals surface area contributed by atoms with Gasteiger partial charge in [0.25, 0.3) is 5.91 Å². The molecule has 1 atom stereocenters. The fourth-order valence-electron chi connectivity index (χ4n) is 3.47. The van der Waals surface area contributed by atoms with E-state index in [0.717, 1.165) is 17.9 Å². The number of halogens is 1. The second-order valence-corrected chi connectivity index (χ2v) is 7.11. The Balaban J connectivity index is 1.67. The number of nitrogens with zero attached hydrogens (tertiary/aromatic N) is 3. The van der Waals surface area contributed by atoms with Gasteiger partial charge in [-0.2, -0.15) is 0 Å². The number of carbonyl (C=O) groups excluding carboxylic acids is 1. The topological polar surface area (TPSA) is 58.1 Å². The standard InChI is InChI=1S/C21H19ClN4O/c1-13-10-15-6-3-4-9-19(15)26(13)20-12-18(23-14(2)24-20)21(27)25-17-8-5-7-16(22)11-17/h3-9,11-13H,10H2,1-2H3,(H,25,27). The minimum absolute atomic E-state index is 0.264. The zero-order valence-corrected chi connectivity index (χ0v) is 15.9. The van der Waals surface area contributed by atoms with Crippen LogP contribution in [0.15, 0.2) is 54.6 Å². The van der Waals surface area contributed by atoms with Gasteiger partial charge >= 0.3 is 0 Å². The van der Waals surface area contributed by atoms with Crippen LogP contribution in [0.5, 0.6) is 0 Å². The van der Waals surface area contributed by atoms with Crippen LogP contribution in [0.3, 0.4) is 0 Å². The predicted octanol–water partition coefficient (Wildman–Crippen LogP) is 4.77. The van der Waals surface area contributed by atoms with E-state index in [1.807, 2.05) is 12.1 Å². The summed E-state index contributed by atoms with van der Waals surface area (Å²) in [5, 5.41) is 3.41. The Morgan fingerprint density at radius 1 is 1.15 bits per heavy atom. The fraction of sp³-hybridized carbons (Fsp3) is 0.190. The van der Waals surface area contributed by atoms with Gasteiger partial charge in [-0.1, -0.05) is 35.9 Å². The van der Waals surface area contributed by atoms with Crippen LogP contribution in [0.1, 0.15) is 28.8 Å². The molecular formula is C21H19ClN4O. The van der Waals surface area contributed by atoms with Crippen molar-refractivity contribution in [3.05, 3.63) is 76.7 Å². The molecule has 0 saturated carbocycles. The van der Waals surface area contributed by atoms with Crippen molar-refractivity contribution in [3.63, 3.8) is 0 Å². The maximum absolute atomic E-state index is 12.7. The molecule has 2 heterocycles. The predicted molar refractivity (Wildman–Crippen MR) is 108 cm³/mol. The largest absolute Gasteiger partial charge is 0.323 e. The third kappa shape index (κ3) is 3.51. The number of para-hydroxylation sites is 1. The van der Waals surface area contributed by atoms with E-state index < -0.39 is 0 Å².